The summed E-state index contributed by atoms with van der Waals surface area (Å²) >= 11 is 0. The van der Waals surface area contributed by atoms with Crippen molar-refractivity contribution < 1.29 is 9.90 Å². The van der Waals surface area contributed by atoms with Gasteiger partial charge in [0.2, 0.25) is 5.91 Å². The zero-order valence-electron chi connectivity index (χ0n) is 11.1. The molecule has 0 radical (unpaired) electrons. The first kappa shape index (κ1) is 14.5. The van der Waals surface area contributed by atoms with E-state index in [2.05, 4.69) is 5.32 Å². The average Bonchev–Trinajstić information content (AvgIpc) is 2.75. The van der Waals surface area contributed by atoms with Crippen molar-refractivity contribution >= 4 is 5.91 Å². The van der Waals surface area contributed by atoms with Gasteiger partial charge in [-0.25, -0.2) is 0 Å². The second-order valence-electron chi connectivity index (χ2n) is 5.41. The molecule has 1 rings (SSSR count). The van der Waals surface area contributed by atoms with Crippen molar-refractivity contribution in [2.45, 2.75) is 44.6 Å². The fourth-order valence-corrected chi connectivity index (χ4v) is 2.44. The Morgan fingerprint density at radius 1 is 1.41 bits per heavy atom. The van der Waals surface area contributed by atoms with Gasteiger partial charge in [-0.2, -0.15) is 0 Å². The van der Waals surface area contributed by atoms with Gasteiger partial charge in [-0.05, 0) is 26.4 Å². The van der Waals surface area contributed by atoms with E-state index >= 15 is 0 Å². The van der Waals surface area contributed by atoms with Gasteiger partial charge in [0.15, 0.2) is 0 Å². The maximum Gasteiger partial charge on any atom is 0.220 e. The number of nitrogens with zero attached hydrogens (tertiary/aromatic N) is 1. The van der Waals surface area contributed by atoms with E-state index in [9.17, 15) is 9.90 Å². The minimum absolute atomic E-state index is 0.0784. The van der Waals surface area contributed by atoms with E-state index in [0.717, 1.165) is 12.3 Å². The molecule has 100 valence electrons. The van der Waals surface area contributed by atoms with Gasteiger partial charge in [0.1, 0.15) is 0 Å². The molecule has 0 bridgehead atoms. The molecule has 4 nitrogen and oxygen atoms in total. The summed E-state index contributed by atoms with van der Waals surface area (Å²) in [5, 5.41) is 12.4. The number of aliphatic hydroxyl groups is 1. The molecular formula is C13H26N2O2. The first-order valence-corrected chi connectivity index (χ1v) is 6.67. The van der Waals surface area contributed by atoms with Crippen molar-refractivity contribution in [1.29, 1.82) is 0 Å². The Balaban J connectivity index is 2.04. The number of likely N-dealkylation sites (N-methyl/N-ethyl adjacent to an activating group) is 1. The Morgan fingerprint density at radius 3 is 2.65 bits per heavy atom. The third-order valence-corrected chi connectivity index (χ3v) is 3.37. The van der Waals surface area contributed by atoms with E-state index in [1.807, 2.05) is 19.0 Å². The van der Waals surface area contributed by atoms with Crippen LogP contribution < -0.4 is 5.32 Å². The fraction of sp³-hybridized carbons (Fsp3) is 0.923. The van der Waals surface area contributed by atoms with E-state index in [1.165, 1.54) is 25.7 Å². The highest BCUT2D eigenvalue weighted by molar-refractivity contribution is 5.75. The lowest BCUT2D eigenvalue weighted by Crippen LogP contribution is -2.37. The molecule has 0 spiro atoms. The highest BCUT2D eigenvalue weighted by atomic mass is 16.3. The van der Waals surface area contributed by atoms with E-state index in [-0.39, 0.29) is 5.91 Å². The molecule has 1 atom stereocenters. The predicted octanol–water partition coefficient (Wildman–Crippen LogP) is 0.995. The SMILES string of the molecule is CN(C)CC(O)CNC(=O)CCC1CCCC1. The van der Waals surface area contributed by atoms with Crippen LogP contribution in [0.5, 0.6) is 0 Å². The third kappa shape index (κ3) is 6.64. The first-order valence-electron chi connectivity index (χ1n) is 6.67. The molecule has 0 aromatic rings. The molecule has 1 amide bonds. The lowest BCUT2D eigenvalue weighted by molar-refractivity contribution is -0.121. The Bertz CT molecular complexity index is 225. The van der Waals surface area contributed by atoms with Crippen LogP contribution in [0.4, 0.5) is 0 Å². The first-order chi connectivity index (χ1) is 8.08. The van der Waals surface area contributed by atoms with Crippen molar-refractivity contribution in [1.82, 2.24) is 10.2 Å². The third-order valence-electron chi connectivity index (χ3n) is 3.37. The second-order valence-corrected chi connectivity index (χ2v) is 5.41. The molecule has 1 aliphatic carbocycles. The zero-order valence-corrected chi connectivity index (χ0v) is 11.1. The molecular weight excluding hydrogens is 216 g/mol. The molecule has 0 saturated heterocycles. The standard InChI is InChI=1S/C13H26N2O2/c1-15(2)10-12(16)9-14-13(17)8-7-11-5-3-4-6-11/h11-12,16H,3-10H2,1-2H3,(H,14,17). The van der Waals surface area contributed by atoms with Gasteiger partial charge in [0.25, 0.3) is 0 Å². The molecule has 0 aromatic heterocycles. The molecule has 4 heteroatoms. The van der Waals surface area contributed by atoms with Crippen LogP contribution in [0, 0.1) is 5.92 Å². The van der Waals surface area contributed by atoms with Gasteiger partial charge in [-0.1, -0.05) is 25.7 Å². The Kier molecular flexibility index (Phi) is 6.52. The summed E-state index contributed by atoms with van der Waals surface area (Å²) in [5.41, 5.74) is 0. The Morgan fingerprint density at radius 2 is 2.06 bits per heavy atom. The van der Waals surface area contributed by atoms with Crippen molar-refractivity contribution in [3.63, 3.8) is 0 Å². The summed E-state index contributed by atoms with van der Waals surface area (Å²) in [7, 11) is 3.82. The summed E-state index contributed by atoms with van der Waals surface area (Å²) in [6, 6.07) is 0. The van der Waals surface area contributed by atoms with Crippen molar-refractivity contribution in [2.24, 2.45) is 5.92 Å². The number of amides is 1. The number of nitrogens with one attached hydrogen (secondary N) is 1. The number of hydrogen-bond donors (Lipinski definition) is 2. The van der Waals surface area contributed by atoms with E-state index < -0.39 is 6.10 Å². The fourth-order valence-electron chi connectivity index (χ4n) is 2.44. The Labute approximate surface area is 104 Å². The van der Waals surface area contributed by atoms with Crippen LogP contribution in [0.2, 0.25) is 0 Å². The maximum absolute atomic E-state index is 11.6. The quantitative estimate of drug-likeness (QED) is 0.700. The highest BCUT2D eigenvalue weighted by Crippen LogP contribution is 2.28. The molecule has 2 N–H and O–H groups in total. The van der Waals surface area contributed by atoms with Crippen LogP contribution >= 0.6 is 0 Å². The lowest BCUT2D eigenvalue weighted by atomic mass is 10.0. The van der Waals surface area contributed by atoms with Crippen molar-refractivity contribution in [3.05, 3.63) is 0 Å². The summed E-state index contributed by atoms with van der Waals surface area (Å²) in [5.74, 6) is 0.835. The van der Waals surface area contributed by atoms with Gasteiger partial charge >= 0.3 is 0 Å². The number of carbonyl (C=O) groups excluding carboxylic acids is 1. The molecule has 17 heavy (non-hydrogen) atoms. The average molecular weight is 242 g/mol. The number of rotatable bonds is 7. The number of hydrogen-bond acceptors (Lipinski definition) is 3. The topological polar surface area (TPSA) is 52.6 Å². The Hall–Kier alpha value is -0.610. The summed E-state index contributed by atoms with van der Waals surface area (Å²) < 4.78 is 0. The van der Waals surface area contributed by atoms with Crippen molar-refractivity contribution in [3.8, 4) is 0 Å². The summed E-state index contributed by atoms with van der Waals surface area (Å²) in [4.78, 5) is 13.5. The number of aliphatic hydroxyl groups excluding tert-OH is 1. The van der Waals surface area contributed by atoms with Crippen LogP contribution in [0.15, 0.2) is 0 Å². The maximum atomic E-state index is 11.6. The molecule has 0 aromatic carbocycles. The van der Waals surface area contributed by atoms with E-state index in [0.29, 0.717) is 19.5 Å². The molecule has 1 aliphatic rings. The summed E-state index contributed by atoms with van der Waals surface area (Å²) in [6.45, 7) is 0.949. The largest absolute Gasteiger partial charge is 0.390 e. The summed E-state index contributed by atoms with van der Waals surface area (Å²) in [6.07, 6.45) is 6.38. The van der Waals surface area contributed by atoms with E-state index in [1.54, 1.807) is 0 Å². The van der Waals surface area contributed by atoms with Crippen LogP contribution in [-0.4, -0.2) is 49.2 Å². The van der Waals surface area contributed by atoms with Crippen LogP contribution in [0.1, 0.15) is 38.5 Å². The van der Waals surface area contributed by atoms with Crippen LogP contribution in [-0.2, 0) is 4.79 Å². The smallest absolute Gasteiger partial charge is 0.220 e. The minimum Gasteiger partial charge on any atom is -0.390 e. The number of carbonyl (C=O) groups is 1. The van der Waals surface area contributed by atoms with Gasteiger partial charge in [0, 0.05) is 19.5 Å². The van der Waals surface area contributed by atoms with Gasteiger partial charge in [-0.15, -0.1) is 0 Å². The van der Waals surface area contributed by atoms with Crippen molar-refractivity contribution in [2.75, 3.05) is 27.2 Å². The van der Waals surface area contributed by atoms with Crippen LogP contribution in [0.25, 0.3) is 0 Å². The van der Waals surface area contributed by atoms with Gasteiger partial charge < -0.3 is 15.3 Å². The predicted molar refractivity (Wildman–Crippen MR) is 68.8 cm³/mol. The molecule has 0 heterocycles. The lowest BCUT2D eigenvalue weighted by Gasteiger charge is -2.16. The van der Waals surface area contributed by atoms with Gasteiger partial charge in [0.05, 0.1) is 6.10 Å². The zero-order chi connectivity index (χ0) is 12.7. The van der Waals surface area contributed by atoms with Crippen LogP contribution in [0.3, 0.4) is 0 Å². The van der Waals surface area contributed by atoms with Gasteiger partial charge in [-0.3, -0.25) is 4.79 Å². The molecule has 1 fully saturated rings. The highest BCUT2D eigenvalue weighted by Gasteiger charge is 2.16. The minimum atomic E-state index is -0.472. The van der Waals surface area contributed by atoms with E-state index in [4.69, 9.17) is 0 Å². The monoisotopic (exact) mass is 242 g/mol. The second kappa shape index (κ2) is 7.67. The normalized spacial score (nSPS) is 18.6. The molecule has 1 unspecified atom stereocenters. The molecule has 1 saturated carbocycles. The molecule has 0 aliphatic heterocycles.